The van der Waals surface area contributed by atoms with Crippen LogP contribution in [0.1, 0.15) is 96.8 Å². The molecule has 1 aliphatic heterocycles. The molecule has 0 aromatic heterocycles. The molecule has 1 fully saturated rings. The van der Waals surface area contributed by atoms with Crippen LogP contribution >= 0.6 is 0 Å². The summed E-state index contributed by atoms with van der Waals surface area (Å²) < 4.78 is 5.72. The lowest BCUT2D eigenvalue weighted by molar-refractivity contribution is -0.137. The fraction of sp³-hybridized carbons (Fsp3) is 0.850. The van der Waals surface area contributed by atoms with E-state index in [1.165, 1.54) is 64.2 Å². The summed E-state index contributed by atoms with van der Waals surface area (Å²) in [6, 6.07) is 0. The van der Waals surface area contributed by atoms with Crippen molar-refractivity contribution in [2.24, 2.45) is 0 Å². The van der Waals surface area contributed by atoms with Crippen LogP contribution < -0.4 is 0 Å². The van der Waals surface area contributed by atoms with Gasteiger partial charge in [-0.05, 0) is 38.5 Å². The first-order valence-electron chi connectivity index (χ1n) is 9.76. The lowest BCUT2D eigenvalue weighted by Crippen LogP contribution is -1.94. The fourth-order valence-corrected chi connectivity index (χ4v) is 3.03. The topological polar surface area (TPSA) is 49.8 Å². The lowest BCUT2D eigenvalue weighted by atomic mass is 10.0. The maximum absolute atomic E-state index is 10.4. The first-order chi connectivity index (χ1) is 11.2. The van der Waals surface area contributed by atoms with Gasteiger partial charge in [-0.25, -0.2) is 0 Å². The third-order valence-corrected chi connectivity index (χ3v) is 4.57. The number of carboxylic acids is 1. The molecule has 134 valence electrons. The molecule has 0 radical (unpaired) electrons. The smallest absolute Gasteiger partial charge is 0.303 e. The highest BCUT2D eigenvalue weighted by atomic mass is 16.6. The highest BCUT2D eigenvalue weighted by molar-refractivity contribution is 5.66. The van der Waals surface area contributed by atoms with Gasteiger partial charge in [-0.1, -0.05) is 64.0 Å². The van der Waals surface area contributed by atoms with Gasteiger partial charge < -0.3 is 9.84 Å². The van der Waals surface area contributed by atoms with E-state index >= 15 is 0 Å². The molecule has 1 heterocycles. The number of ether oxygens (including phenoxy) is 1. The van der Waals surface area contributed by atoms with Gasteiger partial charge in [-0.15, -0.1) is 0 Å². The van der Waals surface area contributed by atoms with Crippen molar-refractivity contribution in [3.8, 4) is 0 Å². The molecular formula is C20H36O3. The Labute approximate surface area is 142 Å². The Hall–Kier alpha value is -0.830. The molecule has 3 heteroatoms. The van der Waals surface area contributed by atoms with Gasteiger partial charge in [-0.3, -0.25) is 4.79 Å². The van der Waals surface area contributed by atoms with Crippen LogP contribution in [0.3, 0.4) is 0 Å². The predicted molar refractivity (Wildman–Crippen MR) is 95.7 cm³/mol. The SMILES string of the molecule is CCCCC[C@@H]1O[C@@H]1CCCCCCC/C=C\CCCC(=O)O. The van der Waals surface area contributed by atoms with Crippen LogP contribution in [0.5, 0.6) is 0 Å². The van der Waals surface area contributed by atoms with Crippen molar-refractivity contribution >= 4 is 5.97 Å². The molecule has 0 saturated carbocycles. The number of carbonyl (C=O) groups is 1. The summed E-state index contributed by atoms with van der Waals surface area (Å²) in [6.45, 7) is 2.25. The van der Waals surface area contributed by atoms with E-state index in [1.54, 1.807) is 0 Å². The maximum Gasteiger partial charge on any atom is 0.303 e. The van der Waals surface area contributed by atoms with Crippen LogP contribution in [0.2, 0.25) is 0 Å². The highest BCUT2D eigenvalue weighted by Gasteiger charge is 2.36. The Morgan fingerprint density at radius 1 is 0.870 bits per heavy atom. The molecule has 3 nitrogen and oxygen atoms in total. The molecule has 0 unspecified atom stereocenters. The Bertz CT molecular complexity index is 325. The van der Waals surface area contributed by atoms with Crippen LogP contribution in [-0.4, -0.2) is 23.3 Å². The summed E-state index contributed by atoms with van der Waals surface area (Å²) >= 11 is 0. The van der Waals surface area contributed by atoms with Gasteiger partial charge in [-0.2, -0.15) is 0 Å². The average molecular weight is 325 g/mol. The maximum atomic E-state index is 10.4. The second-order valence-corrected chi connectivity index (χ2v) is 6.81. The van der Waals surface area contributed by atoms with Crippen molar-refractivity contribution < 1.29 is 14.6 Å². The van der Waals surface area contributed by atoms with Crippen molar-refractivity contribution in [1.29, 1.82) is 0 Å². The number of hydrogen-bond acceptors (Lipinski definition) is 2. The zero-order valence-corrected chi connectivity index (χ0v) is 15.0. The van der Waals surface area contributed by atoms with Crippen LogP contribution in [-0.2, 0) is 9.53 Å². The van der Waals surface area contributed by atoms with Crippen molar-refractivity contribution in [2.45, 2.75) is 109 Å². The van der Waals surface area contributed by atoms with Gasteiger partial charge in [0.2, 0.25) is 0 Å². The molecule has 1 rings (SSSR count). The zero-order valence-electron chi connectivity index (χ0n) is 15.0. The first-order valence-corrected chi connectivity index (χ1v) is 9.76. The van der Waals surface area contributed by atoms with Crippen LogP contribution in [0.25, 0.3) is 0 Å². The van der Waals surface area contributed by atoms with Crippen molar-refractivity contribution in [3.63, 3.8) is 0 Å². The number of hydrogen-bond donors (Lipinski definition) is 1. The summed E-state index contributed by atoms with van der Waals surface area (Å²) in [5.74, 6) is -0.692. The highest BCUT2D eigenvalue weighted by Crippen LogP contribution is 2.31. The predicted octanol–water partition coefficient (Wildman–Crippen LogP) is 5.88. The molecular weight excluding hydrogens is 288 g/mol. The Kier molecular flexibility index (Phi) is 11.9. The largest absolute Gasteiger partial charge is 0.481 e. The van der Waals surface area contributed by atoms with Gasteiger partial charge in [0, 0.05) is 6.42 Å². The molecule has 2 atom stereocenters. The fourth-order valence-electron chi connectivity index (χ4n) is 3.03. The quantitative estimate of drug-likeness (QED) is 0.219. The van der Waals surface area contributed by atoms with E-state index in [-0.39, 0.29) is 6.42 Å². The number of unbranched alkanes of at least 4 members (excludes halogenated alkanes) is 8. The lowest BCUT2D eigenvalue weighted by Gasteiger charge is -1.99. The molecule has 0 spiro atoms. The summed E-state index contributed by atoms with van der Waals surface area (Å²) in [7, 11) is 0. The summed E-state index contributed by atoms with van der Waals surface area (Å²) in [5, 5.41) is 8.53. The number of carboxylic acid groups (broad SMARTS) is 1. The molecule has 1 saturated heterocycles. The molecule has 1 aliphatic rings. The van der Waals surface area contributed by atoms with E-state index in [2.05, 4.69) is 19.1 Å². The Balaban J connectivity index is 1.75. The minimum Gasteiger partial charge on any atom is -0.481 e. The Morgan fingerprint density at radius 3 is 2.09 bits per heavy atom. The average Bonchev–Trinajstić information content (AvgIpc) is 3.27. The second kappa shape index (κ2) is 13.6. The first kappa shape index (κ1) is 20.2. The standard InChI is InChI=1S/C20H36O3/c1-2-3-12-15-18-19(23-18)16-13-10-8-6-4-5-7-9-11-14-17-20(21)22/h7,9,18-19H,2-6,8,10-17H2,1H3,(H,21,22)/b9-7-/t18-,19+/m0/s1. The molecule has 23 heavy (non-hydrogen) atoms. The van der Waals surface area contributed by atoms with E-state index in [4.69, 9.17) is 9.84 Å². The number of allylic oxidation sites excluding steroid dienone is 2. The molecule has 1 N–H and O–H groups in total. The molecule has 0 aliphatic carbocycles. The van der Waals surface area contributed by atoms with Gasteiger partial charge in [0.15, 0.2) is 0 Å². The monoisotopic (exact) mass is 324 g/mol. The molecule has 0 aromatic carbocycles. The Morgan fingerprint density at radius 2 is 1.43 bits per heavy atom. The molecule has 0 aromatic rings. The third kappa shape index (κ3) is 12.3. The number of rotatable bonds is 16. The van der Waals surface area contributed by atoms with Crippen LogP contribution in [0.15, 0.2) is 12.2 Å². The van der Waals surface area contributed by atoms with Crippen molar-refractivity contribution in [1.82, 2.24) is 0 Å². The molecule has 0 bridgehead atoms. The minimum atomic E-state index is -0.692. The van der Waals surface area contributed by atoms with Gasteiger partial charge in [0.05, 0.1) is 12.2 Å². The summed E-state index contributed by atoms with van der Waals surface area (Å²) in [6.07, 6.45) is 21.7. The van der Waals surface area contributed by atoms with Gasteiger partial charge in [0.25, 0.3) is 0 Å². The van der Waals surface area contributed by atoms with Crippen LogP contribution in [0, 0.1) is 0 Å². The summed E-state index contributed by atoms with van der Waals surface area (Å²) in [4.78, 5) is 10.4. The van der Waals surface area contributed by atoms with E-state index < -0.39 is 5.97 Å². The van der Waals surface area contributed by atoms with Crippen LogP contribution in [0.4, 0.5) is 0 Å². The van der Waals surface area contributed by atoms with E-state index in [9.17, 15) is 4.79 Å². The molecule has 0 amide bonds. The third-order valence-electron chi connectivity index (χ3n) is 4.57. The van der Waals surface area contributed by atoms with E-state index in [0.29, 0.717) is 12.2 Å². The van der Waals surface area contributed by atoms with Crippen molar-refractivity contribution in [3.05, 3.63) is 12.2 Å². The number of epoxide rings is 1. The van der Waals surface area contributed by atoms with Crippen molar-refractivity contribution in [2.75, 3.05) is 0 Å². The summed E-state index contributed by atoms with van der Waals surface area (Å²) in [5.41, 5.74) is 0. The van der Waals surface area contributed by atoms with Gasteiger partial charge in [0.1, 0.15) is 0 Å². The normalized spacial score (nSPS) is 20.2. The zero-order chi connectivity index (χ0) is 16.8. The van der Waals surface area contributed by atoms with E-state index in [1.807, 2.05) is 0 Å². The van der Waals surface area contributed by atoms with Gasteiger partial charge >= 0.3 is 5.97 Å². The minimum absolute atomic E-state index is 0.286. The second-order valence-electron chi connectivity index (χ2n) is 6.81. The van der Waals surface area contributed by atoms with E-state index in [0.717, 1.165) is 19.3 Å². The number of aliphatic carboxylic acids is 1.